The average Bonchev–Trinajstić information content (AvgIpc) is 3.38. The highest BCUT2D eigenvalue weighted by Gasteiger charge is 2.23. The van der Waals surface area contributed by atoms with Crippen molar-refractivity contribution in [3.8, 4) is 11.5 Å². The Morgan fingerprint density at radius 1 is 1.32 bits per heavy atom. The Morgan fingerprint density at radius 2 is 2.18 bits per heavy atom. The number of oxazole rings is 1. The number of rotatable bonds is 9. The van der Waals surface area contributed by atoms with E-state index >= 15 is 0 Å². The first-order valence-corrected chi connectivity index (χ1v) is 10.0. The molecule has 2 aromatic rings. The molecule has 1 saturated heterocycles. The summed E-state index contributed by atoms with van der Waals surface area (Å²) >= 11 is 0. The molecule has 1 atom stereocenters. The van der Waals surface area contributed by atoms with Crippen molar-refractivity contribution < 1.29 is 9.15 Å². The van der Waals surface area contributed by atoms with E-state index in [0.717, 1.165) is 50.0 Å². The van der Waals surface area contributed by atoms with Crippen LogP contribution in [0.15, 0.2) is 46.0 Å². The lowest BCUT2D eigenvalue weighted by molar-refractivity contribution is 0.141. The van der Waals surface area contributed by atoms with Crippen molar-refractivity contribution in [3.63, 3.8) is 0 Å². The number of aromatic nitrogens is 1. The molecule has 0 bridgehead atoms. The molecule has 152 valence electrons. The van der Waals surface area contributed by atoms with Crippen LogP contribution in [0.5, 0.6) is 0 Å². The van der Waals surface area contributed by atoms with Crippen LogP contribution in [0, 0.1) is 0 Å². The third-order valence-corrected chi connectivity index (χ3v) is 4.90. The highest BCUT2D eigenvalue weighted by Crippen LogP contribution is 2.18. The molecule has 1 aliphatic heterocycles. The summed E-state index contributed by atoms with van der Waals surface area (Å²) < 4.78 is 10.8. The Balaban J connectivity index is 1.55. The number of hydrogen-bond acceptors (Lipinski definition) is 5. The van der Waals surface area contributed by atoms with E-state index in [1.807, 2.05) is 30.3 Å². The summed E-state index contributed by atoms with van der Waals surface area (Å²) in [5.74, 6) is 1.44. The summed E-state index contributed by atoms with van der Waals surface area (Å²) in [7, 11) is 1.76. The van der Waals surface area contributed by atoms with Crippen LogP contribution in [0.25, 0.3) is 11.5 Å². The third-order valence-electron chi connectivity index (χ3n) is 4.90. The first kappa shape index (κ1) is 20.4. The molecule has 0 amide bonds. The van der Waals surface area contributed by atoms with Crippen molar-refractivity contribution in [3.05, 3.63) is 42.3 Å². The molecule has 28 heavy (non-hydrogen) atoms. The van der Waals surface area contributed by atoms with Gasteiger partial charge in [-0.25, -0.2) is 9.98 Å². The number of guanidine groups is 1. The van der Waals surface area contributed by atoms with Gasteiger partial charge in [0.2, 0.25) is 5.89 Å². The molecule has 2 heterocycles. The molecule has 7 nitrogen and oxygen atoms in total. The number of benzene rings is 1. The maximum Gasteiger partial charge on any atom is 0.226 e. The summed E-state index contributed by atoms with van der Waals surface area (Å²) in [6, 6.07) is 10.4. The number of hydrogen-bond donors (Lipinski definition) is 2. The molecule has 1 aromatic heterocycles. The number of aliphatic imine (C=N–C) groups is 1. The molecule has 7 heteroatoms. The summed E-state index contributed by atoms with van der Waals surface area (Å²) in [6.07, 6.45) is 4.13. The van der Waals surface area contributed by atoms with E-state index in [2.05, 4.69) is 32.4 Å². The van der Waals surface area contributed by atoms with E-state index in [9.17, 15) is 0 Å². The molecule has 0 saturated carbocycles. The van der Waals surface area contributed by atoms with Crippen LogP contribution >= 0.6 is 0 Å². The van der Waals surface area contributed by atoms with Crippen molar-refractivity contribution in [1.82, 2.24) is 20.5 Å². The van der Waals surface area contributed by atoms with Crippen molar-refractivity contribution >= 4 is 5.96 Å². The summed E-state index contributed by atoms with van der Waals surface area (Å²) in [6.45, 7) is 7.15. The van der Waals surface area contributed by atoms with Gasteiger partial charge < -0.3 is 19.8 Å². The lowest BCUT2D eigenvalue weighted by Crippen LogP contribution is -2.45. The minimum absolute atomic E-state index is 0.476. The van der Waals surface area contributed by atoms with Crippen LogP contribution < -0.4 is 10.6 Å². The Bertz CT molecular complexity index is 731. The van der Waals surface area contributed by atoms with Gasteiger partial charge in [0, 0.05) is 38.3 Å². The molecular formula is C21H31N5O2. The zero-order chi connectivity index (χ0) is 19.6. The fraction of sp³-hybridized carbons (Fsp3) is 0.524. The molecule has 3 rings (SSSR count). The standard InChI is InChI=1S/C21H31N5O2/c1-3-22-21(24-15-19-10-7-11-26(19)12-13-27-2)23-14-18-16-28-20(25-18)17-8-5-4-6-9-17/h4-6,8-9,16,19H,3,7,10-15H2,1-2H3,(H2,22,23,24). The van der Waals surface area contributed by atoms with Gasteiger partial charge in [-0.3, -0.25) is 4.90 Å². The third kappa shape index (κ3) is 5.81. The van der Waals surface area contributed by atoms with Gasteiger partial charge in [-0.15, -0.1) is 0 Å². The van der Waals surface area contributed by atoms with E-state index in [-0.39, 0.29) is 0 Å². The van der Waals surface area contributed by atoms with Crippen LogP contribution in [-0.2, 0) is 11.3 Å². The predicted molar refractivity (Wildman–Crippen MR) is 111 cm³/mol. The van der Waals surface area contributed by atoms with Crippen molar-refractivity contribution in [1.29, 1.82) is 0 Å². The van der Waals surface area contributed by atoms with Gasteiger partial charge in [-0.05, 0) is 38.4 Å². The minimum atomic E-state index is 0.476. The molecule has 2 N–H and O–H groups in total. The number of methoxy groups -OCH3 is 1. The normalized spacial score (nSPS) is 17.8. The Labute approximate surface area is 167 Å². The highest BCUT2D eigenvalue weighted by molar-refractivity contribution is 5.79. The van der Waals surface area contributed by atoms with Crippen LogP contribution in [0.2, 0.25) is 0 Å². The second-order valence-corrected chi connectivity index (χ2v) is 6.91. The van der Waals surface area contributed by atoms with Crippen molar-refractivity contribution in [2.75, 3.05) is 39.9 Å². The lowest BCUT2D eigenvalue weighted by atomic mass is 10.2. The topological polar surface area (TPSA) is 74.9 Å². The SMILES string of the molecule is CCNC(=NCc1coc(-c2ccccc2)n1)NCC1CCCN1CCOC. The van der Waals surface area contributed by atoms with E-state index in [1.54, 1.807) is 13.4 Å². The first-order chi connectivity index (χ1) is 13.8. The quantitative estimate of drug-likeness (QED) is 0.510. The van der Waals surface area contributed by atoms with Crippen molar-refractivity contribution in [2.45, 2.75) is 32.4 Å². The molecular weight excluding hydrogens is 354 g/mol. The van der Waals surface area contributed by atoms with Gasteiger partial charge >= 0.3 is 0 Å². The maximum absolute atomic E-state index is 5.60. The minimum Gasteiger partial charge on any atom is -0.444 e. The van der Waals surface area contributed by atoms with Gasteiger partial charge in [0.05, 0.1) is 13.2 Å². The Morgan fingerprint density at radius 3 is 2.96 bits per heavy atom. The van der Waals surface area contributed by atoms with E-state index < -0.39 is 0 Å². The number of nitrogens with one attached hydrogen (secondary N) is 2. The Kier molecular flexibility index (Phi) is 7.87. The number of ether oxygens (including phenoxy) is 1. The van der Waals surface area contributed by atoms with Gasteiger partial charge in [0.1, 0.15) is 12.0 Å². The van der Waals surface area contributed by atoms with E-state index in [1.165, 1.54) is 12.8 Å². The zero-order valence-electron chi connectivity index (χ0n) is 16.9. The smallest absolute Gasteiger partial charge is 0.226 e. The van der Waals surface area contributed by atoms with Crippen LogP contribution in [0.4, 0.5) is 0 Å². The molecule has 0 spiro atoms. The van der Waals surface area contributed by atoms with Crippen LogP contribution in [-0.4, -0.2) is 61.8 Å². The lowest BCUT2D eigenvalue weighted by Gasteiger charge is -2.25. The summed E-state index contributed by atoms with van der Waals surface area (Å²) in [4.78, 5) is 11.7. The van der Waals surface area contributed by atoms with Gasteiger partial charge in [0.25, 0.3) is 0 Å². The second kappa shape index (κ2) is 10.8. The van der Waals surface area contributed by atoms with Crippen LogP contribution in [0.3, 0.4) is 0 Å². The fourth-order valence-corrected chi connectivity index (χ4v) is 3.44. The molecule has 0 aliphatic carbocycles. The molecule has 1 unspecified atom stereocenters. The van der Waals surface area contributed by atoms with Gasteiger partial charge in [-0.1, -0.05) is 18.2 Å². The number of likely N-dealkylation sites (tertiary alicyclic amines) is 1. The maximum atomic E-state index is 5.60. The highest BCUT2D eigenvalue weighted by atomic mass is 16.5. The first-order valence-electron chi connectivity index (χ1n) is 10.0. The largest absolute Gasteiger partial charge is 0.444 e. The fourth-order valence-electron chi connectivity index (χ4n) is 3.44. The predicted octanol–water partition coefficient (Wildman–Crippen LogP) is 2.51. The van der Waals surface area contributed by atoms with Crippen LogP contribution in [0.1, 0.15) is 25.5 Å². The van der Waals surface area contributed by atoms with E-state index in [0.29, 0.717) is 18.5 Å². The monoisotopic (exact) mass is 385 g/mol. The summed E-state index contributed by atoms with van der Waals surface area (Å²) in [5.41, 5.74) is 1.79. The molecule has 1 aromatic carbocycles. The van der Waals surface area contributed by atoms with Gasteiger partial charge in [-0.2, -0.15) is 0 Å². The van der Waals surface area contributed by atoms with Gasteiger partial charge in [0.15, 0.2) is 5.96 Å². The second-order valence-electron chi connectivity index (χ2n) is 6.91. The van der Waals surface area contributed by atoms with Crippen molar-refractivity contribution in [2.24, 2.45) is 4.99 Å². The summed E-state index contributed by atoms with van der Waals surface area (Å²) in [5, 5.41) is 6.79. The number of nitrogens with zero attached hydrogens (tertiary/aromatic N) is 3. The molecule has 1 fully saturated rings. The molecule has 0 radical (unpaired) electrons. The molecule has 1 aliphatic rings. The van der Waals surface area contributed by atoms with E-state index in [4.69, 9.17) is 9.15 Å². The Hall–Kier alpha value is -2.38. The average molecular weight is 386 g/mol. The zero-order valence-corrected chi connectivity index (χ0v) is 16.9.